The van der Waals surface area contributed by atoms with Crippen molar-refractivity contribution in [3.05, 3.63) is 35.9 Å². The Labute approximate surface area is 149 Å². The Hall–Kier alpha value is -2.17. The van der Waals surface area contributed by atoms with E-state index < -0.39 is 29.4 Å². The molecule has 1 aromatic carbocycles. The van der Waals surface area contributed by atoms with Crippen LogP contribution in [0.4, 0.5) is 0 Å². The van der Waals surface area contributed by atoms with Crippen LogP contribution in [0.5, 0.6) is 0 Å². The van der Waals surface area contributed by atoms with Gasteiger partial charge in [-0.2, -0.15) is 0 Å². The first kappa shape index (κ1) is 20.9. The van der Waals surface area contributed by atoms with Crippen molar-refractivity contribution in [1.29, 1.82) is 0 Å². The van der Waals surface area contributed by atoms with Gasteiger partial charge in [0.15, 0.2) is 5.92 Å². The topological polar surface area (TPSA) is 69.7 Å². The highest BCUT2D eigenvalue weighted by Gasteiger charge is 2.36. The first-order valence-electron chi connectivity index (χ1n) is 8.50. The fraction of sp³-hybridized carbons (Fsp3) is 0.550. The number of rotatable bonds is 7. The predicted octanol–water partition coefficient (Wildman–Crippen LogP) is 3.66. The van der Waals surface area contributed by atoms with Crippen LogP contribution in [-0.4, -0.2) is 29.4 Å². The van der Waals surface area contributed by atoms with Crippen molar-refractivity contribution in [3.63, 3.8) is 0 Å². The molecule has 25 heavy (non-hydrogen) atoms. The molecule has 0 spiro atoms. The predicted molar refractivity (Wildman–Crippen MR) is 95.0 cm³/mol. The van der Waals surface area contributed by atoms with Gasteiger partial charge < -0.3 is 9.47 Å². The average Bonchev–Trinajstić information content (AvgIpc) is 2.45. The molecular weight excluding hydrogens is 320 g/mol. The number of benzene rings is 1. The summed E-state index contributed by atoms with van der Waals surface area (Å²) in [5.41, 5.74) is 0.0345. The second-order valence-electron chi connectivity index (χ2n) is 7.38. The van der Waals surface area contributed by atoms with E-state index in [-0.39, 0.29) is 18.3 Å². The molecule has 0 N–H and O–H groups in total. The Morgan fingerprint density at radius 2 is 1.56 bits per heavy atom. The largest absolute Gasteiger partial charge is 0.462 e. The van der Waals surface area contributed by atoms with Crippen molar-refractivity contribution in [2.45, 2.75) is 65.6 Å². The zero-order chi connectivity index (χ0) is 19.2. The monoisotopic (exact) mass is 348 g/mol. The molecule has 0 aliphatic rings. The van der Waals surface area contributed by atoms with Crippen LogP contribution in [0.25, 0.3) is 0 Å². The number of hydrogen-bond acceptors (Lipinski definition) is 5. The highest BCUT2D eigenvalue weighted by Crippen LogP contribution is 2.28. The summed E-state index contributed by atoms with van der Waals surface area (Å²) in [6.07, 6.45) is -0.329. The zero-order valence-corrected chi connectivity index (χ0v) is 15.9. The van der Waals surface area contributed by atoms with Gasteiger partial charge in [0.25, 0.3) is 0 Å². The second-order valence-corrected chi connectivity index (χ2v) is 7.38. The lowest BCUT2D eigenvalue weighted by molar-refractivity contribution is -0.171. The molecule has 2 atom stereocenters. The molecule has 5 heteroatoms. The number of ether oxygens (including phenoxy) is 2. The van der Waals surface area contributed by atoms with Gasteiger partial charge in [-0.15, -0.1) is 0 Å². The van der Waals surface area contributed by atoms with Crippen molar-refractivity contribution < 1.29 is 23.9 Å². The zero-order valence-electron chi connectivity index (χ0n) is 15.9. The summed E-state index contributed by atoms with van der Waals surface area (Å²) >= 11 is 0. The van der Waals surface area contributed by atoms with Crippen LogP contribution in [-0.2, 0) is 23.9 Å². The van der Waals surface area contributed by atoms with Crippen LogP contribution in [0.15, 0.2) is 30.3 Å². The second kappa shape index (κ2) is 8.79. The maximum atomic E-state index is 12.5. The number of ketones is 1. The average molecular weight is 348 g/mol. The summed E-state index contributed by atoms with van der Waals surface area (Å²) in [5.74, 6) is -3.15. The Bertz CT molecular complexity index is 598. The van der Waals surface area contributed by atoms with E-state index in [4.69, 9.17) is 9.47 Å². The molecule has 0 aliphatic heterocycles. The molecule has 1 aromatic rings. The molecule has 1 rings (SSSR count). The van der Waals surface area contributed by atoms with Crippen LogP contribution in [0, 0.1) is 5.92 Å². The third-order valence-corrected chi connectivity index (χ3v) is 3.49. The first-order valence-corrected chi connectivity index (χ1v) is 8.50. The standard InChI is InChI=1S/C20H28O5/c1-13(2)24-18(22)17(19(23)25-20(4,5)6)12-16(14(3)21)15-10-8-7-9-11-15/h7-11,13,16-17H,12H2,1-6H3. The molecule has 2 unspecified atom stereocenters. The lowest BCUT2D eigenvalue weighted by Crippen LogP contribution is -2.36. The maximum Gasteiger partial charge on any atom is 0.320 e. The molecule has 0 bridgehead atoms. The van der Waals surface area contributed by atoms with Crippen molar-refractivity contribution >= 4 is 17.7 Å². The number of carbonyl (C=O) groups is 3. The molecule has 0 aliphatic carbocycles. The van der Waals surface area contributed by atoms with Gasteiger partial charge in [0, 0.05) is 5.92 Å². The third-order valence-electron chi connectivity index (χ3n) is 3.49. The van der Waals surface area contributed by atoms with E-state index in [1.54, 1.807) is 34.6 Å². The number of hydrogen-bond donors (Lipinski definition) is 0. The number of carbonyl (C=O) groups excluding carboxylic acids is 3. The van der Waals surface area contributed by atoms with E-state index >= 15 is 0 Å². The van der Waals surface area contributed by atoms with Crippen LogP contribution >= 0.6 is 0 Å². The highest BCUT2D eigenvalue weighted by molar-refractivity contribution is 5.96. The van der Waals surface area contributed by atoms with Crippen LogP contribution in [0.3, 0.4) is 0 Å². The minimum absolute atomic E-state index is 0.0276. The van der Waals surface area contributed by atoms with Gasteiger partial charge >= 0.3 is 11.9 Å². The SMILES string of the molecule is CC(=O)C(CC(C(=O)OC(C)C)C(=O)OC(C)(C)C)c1ccccc1. The van der Waals surface area contributed by atoms with Crippen LogP contribution in [0.2, 0.25) is 0 Å². The van der Waals surface area contributed by atoms with Crippen molar-refractivity contribution in [2.75, 3.05) is 0 Å². The quantitative estimate of drug-likeness (QED) is 0.555. The molecule has 0 radical (unpaired) electrons. The van der Waals surface area contributed by atoms with E-state index in [2.05, 4.69) is 0 Å². The van der Waals surface area contributed by atoms with E-state index in [9.17, 15) is 14.4 Å². The molecule has 5 nitrogen and oxygen atoms in total. The Morgan fingerprint density at radius 3 is 2.00 bits per heavy atom. The summed E-state index contributed by atoms with van der Waals surface area (Å²) in [4.78, 5) is 37.1. The van der Waals surface area contributed by atoms with Gasteiger partial charge in [-0.05, 0) is 53.5 Å². The smallest absolute Gasteiger partial charge is 0.320 e. The molecule has 0 heterocycles. The van der Waals surface area contributed by atoms with Gasteiger partial charge in [-0.3, -0.25) is 14.4 Å². The fourth-order valence-corrected chi connectivity index (χ4v) is 2.43. The maximum absolute atomic E-state index is 12.5. The van der Waals surface area contributed by atoms with E-state index in [1.165, 1.54) is 6.92 Å². The first-order chi connectivity index (χ1) is 11.5. The summed E-state index contributed by atoms with van der Waals surface area (Å²) in [6, 6.07) is 9.11. The highest BCUT2D eigenvalue weighted by atomic mass is 16.6. The third kappa shape index (κ3) is 7.08. The molecule has 0 amide bonds. The molecule has 0 aromatic heterocycles. The summed E-state index contributed by atoms with van der Waals surface area (Å²) in [7, 11) is 0. The van der Waals surface area contributed by atoms with E-state index in [0.29, 0.717) is 0 Å². The van der Waals surface area contributed by atoms with Crippen LogP contribution in [0.1, 0.15) is 59.4 Å². The minimum atomic E-state index is -1.14. The Morgan fingerprint density at radius 1 is 1.00 bits per heavy atom. The number of esters is 2. The van der Waals surface area contributed by atoms with Crippen molar-refractivity contribution in [2.24, 2.45) is 5.92 Å². The van der Waals surface area contributed by atoms with Crippen LogP contribution < -0.4 is 0 Å². The fourth-order valence-electron chi connectivity index (χ4n) is 2.43. The Balaban J connectivity index is 3.10. The molecule has 0 saturated heterocycles. The van der Waals surface area contributed by atoms with Crippen molar-refractivity contribution in [3.8, 4) is 0 Å². The molecule has 0 saturated carbocycles. The molecule has 0 fully saturated rings. The van der Waals surface area contributed by atoms with Gasteiger partial charge in [-0.25, -0.2) is 0 Å². The Kier molecular flexibility index (Phi) is 7.34. The lowest BCUT2D eigenvalue weighted by atomic mass is 9.86. The van der Waals surface area contributed by atoms with E-state index in [0.717, 1.165) is 5.56 Å². The summed E-state index contributed by atoms with van der Waals surface area (Å²) in [5, 5.41) is 0. The van der Waals surface area contributed by atoms with Gasteiger partial charge in [0.1, 0.15) is 11.4 Å². The van der Waals surface area contributed by atoms with Gasteiger partial charge in [-0.1, -0.05) is 30.3 Å². The normalized spacial score (nSPS) is 13.9. The van der Waals surface area contributed by atoms with Crippen molar-refractivity contribution in [1.82, 2.24) is 0 Å². The molecule has 138 valence electrons. The van der Waals surface area contributed by atoms with Gasteiger partial charge in [0.2, 0.25) is 0 Å². The summed E-state index contributed by atoms with van der Waals surface area (Å²) < 4.78 is 10.6. The number of Topliss-reactive ketones (excluding diaryl/α,β-unsaturated/α-hetero) is 1. The lowest BCUT2D eigenvalue weighted by Gasteiger charge is -2.25. The van der Waals surface area contributed by atoms with E-state index in [1.807, 2.05) is 30.3 Å². The minimum Gasteiger partial charge on any atom is -0.462 e. The molecular formula is C20H28O5. The summed E-state index contributed by atoms with van der Waals surface area (Å²) in [6.45, 7) is 10.1. The van der Waals surface area contributed by atoms with Gasteiger partial charge in [0.05, 0.1) is 6.10 Å².